The first-order valence-corrected chi connectivity index (χ1v) is 11.9. The number of aryl methyl sites for hydroxylation is 1. The lowest BCUT2D eigenvalue weighted by Gasteiger charge is -2.36. The molecular formula is C25H27NO5S. The molecule has 7 heteroatoms. The second-order valence-electron chi connectivity index (χ2n) is 7.91. The molecule has 0 bridgehead atoms. The van der Waals surface area contributed by atoms with Gasteiger partial charge in [0.05, 0.1) is 24.7 Å². The Morgan fingerprint density at radius 2 is 1.75 bits per heavy atom. The van der Waals surface area contributed by atoms with E-state index < -0.39 is 16.1 Å². The van der Waals surface area contributed by atoms with E-state index in [1.54, 1.807) is 31.4 Å². The van der Waals surface area contributed by atoms with E-state index in [-0.39, 0.29) is 18.0 Å². The van der Waals surface area contributed by atoms with E-state index in [1.165, 1.54) is 4.31 Å². The van der Waals surface area contributed by atoms with Gasteiger partial charge in [-0.05, 0) is 42.7 Å². The number of rotatable bonds is 7. The van der Waals surface area contributed by atoms with Crippen molar-refractivity contribution < 1.29 is 23.0 Å². The summed E-state index contributed by atoms with van der Waals surface area (Å²) in [4.78, 5) is 0.208. The van der Waals surface area contributed by atoms with Gasteiger partial charge in [0.2, 0.25) is 10.0 Å². The number of aliphatic hydroxyl groups excluding tert-OH is 1. The zero-order chi connectivity index (χ0) is 22.7. The third-order valence-electron chi connectivity index (χ3n) is 5.78. The smallest absolute Gasteiger partial charge is 0.243 e. The van der Waals surface area contributed by atoms with Crippen LogP contribution in [0, 0.1) is 6.92 Å². The second-order valence-corrected chi connectivity index (χ2v) is 9.80. The Labute approximate surface area is 189 Å². The van der Waals surface area contributed by atoms with Crippen molar-refractivity contribution >= 4 is 10.0 Å². The second kappa shape index (κ2) is 9.32. The number of ether oxygens (including phenoxy) is 2. The Morgan fingerprint density at radius 3 is 2.41 bits per heavy atom. The Hall–Kier alpha value is -2.87. The topological polar surface area (TPSA) is 76.1 Å². The average Bonchev–Trinajstić information content (AvgIpc) is 2.82. The highest BCUT2D eigenvalue weighted by molar-refractivity contribution is 7.89. The normalized spacial score (nSPS) is 16.4. The fourth-order valence-corrected chi connectivity index (χ4v) is 5.57. The molecule has 0 saturated carbocycles. The zero-order valence-corrected chi connectivity index (χ0v) is 19.0. The summed E-state index contributed by atoms with van der Waals surface area (Å²) in [5.74, 6) is 1.09. The lowest BCUT2D eigenvalue weighted by molar-refractivity contribution is 0.170. The minimum Gasteiger partial charge on any atom is -0.493 e. The predicted octanol–water partition coefficient (Wildman–Crippen LogP) is 3.69. The van der Waals surface area contributed by atoms with Gasteiger partial charge in [-0.15, -0.1) is 0 Å². The molecule has 0 fully saturated rings. The van der Waals surface area contributed by atoms with Crippen molar-refractivity contribution in [2.45, 2.75) is 37.4 Å². The van der Waals surface area contributed by atoms with Crippen molar-refractivity contribution in [2.75, 3.05) is 13.7 Å². The van der Waals surface area contributed by atoms with Crippen molar-refractivity contribution in [3.63, 3.8) is 0 Å². The Morgan fingerprint density at radius 1 is 1.03 bits per heavy atom. The summed E-state index contributed by atoms with van der Waals surface area (Å²) in [6.45, 7) is 2.07. The van der Waals surface area contributed by atoms with Gasteiger partial charge in [0.15, 0.2) is 11.5 Å². The van der Waals surface area contributed by atoms with Crippen molar-refractivity contribution in [2.24, 2.45) is 0 Å². The molecule has 3 aromatic carbocycles. The fourth-order valence-electron chi connectivity index (χ4n) is 3.98. The summed E-state index contributed by atoms with van der Waals surface area (Å²) in [5.41, 5.74) is 3.69. The van der Waals surface area contributed by atoms with E-state index >= 15 is 0 Å². The Bertz CT molecular complexity index is 1180. The van der Waals surface area contributed by atoms with Crippen molar-refractivity contribution in [3.05, 3.63) is 89.0 Å². The summed E-state index contributed by atoms with van der Waals surface area (Å²) >= 11 is 0. The zero-order valence-electron chi connectivity index (χ0n) is 18.2. The van der Waals surface area contributed by atoms with Crippen LogP contribution in [0.4, 0.5) is 0 Å². The van der Waals surface area contributed by atoms with Crippen LogP contribution in [0.1, 0.15) is 22.3 Å². The van der Waals surface area contributed by atoms with Crippen molar-refractivity contribution in [1.82, 2.24) is 4.31 Å². The third kappa shape index (κ3) is 4.37. The van der Waals surface area contributed by atoms with Gasteiger partial charge in [-0.2, -0.15) is 4.31 Å². The van der Waals surface area contributed by atoms with E-state index in [4.69, 9.17) is 9.47 Å². The van der Waals surface area contributed by atoms with E-state index in [0.29, 0.717) is 24.5 Å². The van der Waals surface area contributed by atoms with Gasteiger partial charge < -0.3 is 14.6 Å². The number of benzene rings is 3. The molecular weight excluding hydrogens is 426 g/mol. The lowest BCUT2D eigenvalue weighted by Crippen LogP contribution is -2.46. The maximum Gasteiger partial charge on any atom is 0.243 e. The van der Waals surface area contributed by atoms with E-state index in [1.807, 2.05) is 49.4 Å². The molecule has 6 nitrogen and oxygen atoms in total. The average molecular weight is 454 g/mol. The maximum absolute atomic E-state index is 13.5. The molecule has 0 amide bonds. The molecule has 1 unspecified atom stereocenters. The van der Waals surface area contributed by atoms with Crippen LogP contribution in [0.15, 0.2) is 71.6 Å². The van der Waals surface area contributed by atoms with Gasteiger partial charge in [-0.3, -0.25) is 0 Å². The van der Waals surface area contributed by atoms with Gasteiger partial charge in [0, 0.05) is 12.1 Å². The van der Waals surface area contributed by atoms with Crippen molar-refractivity contribution in [1.29, 1.82) is 0 Å². The van der Waals surface area contributed by atoms with Crippen LogP contribution >= 0.6 is 0 Å². The minimum absolute atomic E-state index is 0.0953. The van der Waals surface area contributed by atoms with Crippen LogP contribution < -0.4 is 9.47 Å². The molecule has 3 aromatic rings. The monoisotopic (exact) mass is 453 g/mol. The van der Waals surface area contributed by atoms with Gasteiger partial charge in [-0.1, -0.05) is 54.1 Å². The fraction of sp³-hybridized carbons (Fsp3) is 0.280. The molecule has 32 heavy (non-hydrogen) atoms. The molecule has 1 aliphatic heterocycles. The molecule has 1 heterocycles. The summed E-state index contributed by atoms with van der Waals surface area (Å²) < 4.78 is 40.0. The number of fused-ring (bicyclic) bond motifs is 1. The van der Waals surface area contributed by atoms with E-state index in [2.05, 4.69) is 0 Å². The van der Waals surface area contributed by atoms with Gasteiger partial charge in [0.1, 0.15) is 6.61 Å². The number of nitrogens with zero attached hydrogens (tertiary/aromatic N) is 1. The molecule has 1 atom stereocenters. The Kier molecular flexibility index (Phi) is 6.50. The highest BCUT2D eigenvalue weighted by Gasteiger charge is 2.37. The number of sulfonamides is 1. The lowest BCUT2D eigenvalue weighted by atomic mass is 9.95. The summed E-state index contributed by atoms with van der Waals surface area (Å²) in [6.07, 6.45) is 0.391. The van der Waals surface area contributed by atoms with Gasteiger partial charge in [0.25, 0.3) is 0 Å². The maximum atomic E-state index is 13.5. The molecule has 1 aliphatic rings. The molecule has 1 N–H and O–H groups in total. The predicted molar refractivity (Wildman–Crippen MR) is 122 cm³/mol. The first-order valence-electron chi connectivity index (χ1n) is 10.5. The first-order chi connectivity index (χ1) is 15.4. The van der Waals surface area contributed by atoms with Crippen LogP contribution in [0.2, 0.25) is 0 Å². The Balaban J connectivity index is 1.72. The number of aliphatic hydroxyl groups is 1. The highest BCUT2D eigenvalue weighted by Crippen LogP contribution is 2.40. The van der Waals surface area contributed by atoms with Crippen LogP contribution in [-0.2, 0) is 29.6 Å². The summed E-state index contributed by atoms with van der Waals surface area (Å²) in [7, 11) is -2.24. The minimum atomic E-state index is -3.81. The molecule has 4 rings (SSSR count). The molecule has 0 aromatic heterocycles. The molecule has 168 valence electrons. The van der Waals surface area contributed by atoms with Gasteiger partial charge >= 0.3 is 0 Å². The quantitative estimate of drug-likeness (QED) is 0.591. The molecule has 0 radical (unpaired) electrons. The van der Waals surface area contributed by atoms with Gasteiger partial charge in [-0.25, -0.2) is 8.42 Å². The van der Waals surface area contributed by atoms with Crippen LogP contribution in [0.25, 0.3) is 0 Å². The molecule has 0 spiro atoms. The molecule has 0 saturated heterocycles. The number of hydrogen-bond acceptors (Lipinski definition) is 5. The SMILES string of the molecule is COc1ccc2c(c1OCc1ccccc1)CN(S(=O)(=O)c1ccc(C)cc1)C(CO)C2. The van der Waals surface area contributed by atoms with Crippen LogP contribution in [0.3, 0.4) is 0 Å². The largest absolute Gasteiger partial charge is 0.493 e. The van der Waals surface area contributed by atoms with Crippen LogP contribution in [0.5, 0.6) is 11.5 Å². The summed E-state index contributed by atoms with van der Waals surface area (Å²) in [6, 6.07) is 19.7. The summed E-state index contributed by atoms with van der Waals surface area (Å²) in [5, 5.41) is 10.0. The molecule has 0 aliphatic carbocycles. The highest BCUT2D eigenvalue weighted by atomic mass is 32.2. The third-order valence-corrected chi connectivity index (χ3v) is 7.69. The number of methoxy groups -OCH3 is 1. The first kappa shape index (κ1) is 22.3. The van der Waals surface area contributed by atoms with E-state index in [0.717, 1.165) is 22.3 Å². The van der Waals surface area contributed by atoms with Crippen LogP contribution in [-0.4, -0.2) is 37.6 Å². The number of hydrogen-bond donors (Lipinski definition) is 1. The van der Waals surface area contributed by atoms with E-state index in [9.17, 15) is 13.5 Å². The standard InChI is InChI=1S/C25H27NO5S/c1-18-8-11-22(12-9-18)32(28,29)26-15-23-20(14-21(26)16-27)10-13-24(30-2)25(23)31-17-19-6-4-3-5-7-19/h3-13,21,27H,14-17H2,1-2H3. The van der Waals surface area contributed by atoms with Crippen molar-refractivity contribution in [3.8, 4) is 11.5 Å².